The molecule has 1 rings (SSSR count). The molecule has 0 radical (unpaired) electrons. The van der Waals surface area contributed by atoms with Crippen molar-refractivity contribution in [2.24, 2.45) is 16.6 Å². The van der Waals surface area contributed by atoms with Crippen molar-refractivity contribution in [3.8, 4) is 0 Å². The molecule has 3 heteroatoms. The summed E-state index contributed by atoms with van der Waals surface area (Å²) in [5.74, 6) is 0.376. The molecule has 1 aromatic carbocycles. The highest BCUT2D eigenvalue weighted by atomic mass is 14.9. The van der Waals surface area contributed by atoms with E-state index in [1.54, 1.807) is 0 Å². The third kappa shape index (κ3) is 2.69. The molecule has 1 atom stereocenters. The van der Waals surface area contributed by atoms with E-state index in [1.807, 2.05) is 38.1 Å². The zero-order valence-corrected chi connectivity index (χ0v) is 8.49. The lowest BCUT2D eigenvalue weighted by Crippen LogP contribution is -2.21. The predicted octanol–water partition coefficient (Wildman–Crippen LogP) is 2.27. The van der Waals surface area contributed by atoms with Crippen LogP contribution in [0.4, 0.5) is 5.69 Å². The van der Waals surface area contributed by atoms with Crippen molar-refractivity contribution in [3.05, 3.63) is 29.8 Å². The smallest absolute Gasteiger partial charge is 0.108 e. The highest BCUT2D eigenvalue weighted by molar-refractivity contribution is 5.96. The van der Waals surface area contributed by atoms with Crippen LogP contribution in [0, 0.1) is 18.3 Å². The van der Waals surface area contributed by atoms with Crippen molar-refractivity contribution < 1.29 is 0 Å². The van der Waals surface area contributed by atoms with Gasteiger partial charge in [0.1, 0.15) is 5.84 Å². The molecule has 0 bridgehead atoms. The van der Waals surface area contributed by atoms with Crippen LogP contribution in [-0.2, 0) is 0 Å². The van der Waals surface area contributed by atoms with Crippen LogP contribution in [0.1, 0.15) is 12.5 Å². The van der Waals surface area contributed by atoms with E-state index in [0.717, 1.165) is 11.3 Å². The lowest BCUT2D eigenvalue weighted by Gasteiger charge is -2.04. The van der Waals surface area contributed by atoms with Gasteiger partial charge in [-0.05, 0) is 24.6 Å². The van der Waals surface area contributed by atoms with E-state index in [9.17, 15) is 0 Å². The van der Waals surface area contributed by atoms with Crippen LogP contribution in [0.25, 0.3) is 0 Å². The fraction of sp³-hybridized carbons (Fsp3) is 0.273. The average molecular weight is 189 g/mol. The first-order valence-corrected chi connectivity index (χ1v) is 4.55. The lowest BCUT2D eigenvalue weighted by atomic mass is 10.2. The Hall–Kier alpha value is -1.64. The standard InChI is InChI=1S/C11H15N3/c1-8-4-3-5-10(6-8)14-11(13)9(2)7-12/h3-7,9,12H,1-2H3,(H2,13,14). The Morgan fingerprint density at radius 2 is 2.29 bits per heavy atom. The summed E-state index contributed by atoms with van der Waals surface area (Å²) < 4.78 is 0. The van der Waals surface area contributed by atoms with E-state index in [4.69, 9.17) is 11.1 Å². The Bertz CT molecular complexity index is 355. The number of aryl methyl sites for hydroxylation is 1. The van der Waals surface area contributed by atoms with Gasteiger partial charge in [-0.15, -0.1) is 0 Å². The molecule has 0 aliphatic heterocycles. The van der Waals surface area contributed by atoms with Gasteiger partial charge in [0, 0.05) is 12.1 Å². The van der Waals surface area contributed by atoms with Crippen LogP contribution in [0.3, 0.4) is 0 Å². The number of nitrogens with one attached hydrogen (secondary N) is 1. The number of nitrogens with zero attached hydrogens (tertiary/aromatic N) is 1. The second kappa shape index (κ2) is 4.56. The molecule has 0 heterocycles. The fourth-order valence-corrected chi connectivity index (χ4v) is 1.03. The number of aliphatic imine (C=N–C) groups is 1. The molecule has 0 aliphatic carbocycles. The van der Waals surface area contributed by atoms with E-state index >= 15 is 0 Å². The van der Waals surface area contributed by atoms with Crippen LogP contribution in [0.2, 0.25) is 0 Å². The zero-order valence-electron chi connectivity index (χ0n) is 8.49. The second-order valence-electron chi connectivity index (χ2n) is 3.33. The number of hydrogen-bond donors (Lipinski definition) is 2. The van der Waals surface area contributed by atoms with Gasteiger partial charge in [0.05, 0.1) is 5.69 Å². The first-order chi connectivity index (χ1) is 6.63. The van der Waals surface area contributed by atoms with Crippen molar-refractivity contribution in [1.82, 2.24) is 0 Å². The van der Waals surface area contributed by atoms with E-state index in [1.165, 1.54) is 6.21 Å². The van der Waals surface area contributed by atoms with E-state index in [-0.39, 0.29) is 5.92 Å². The second-order valence-corrected chi connectivity index (χ2v) is 3.33. The van der Waals surface area contributed by atoms with Crippen molar-refractivity contribution >= 4 is 17.7 Å². The third-order valence-electron chi connectivity index (χ3n) is 1.98. The summed E-state index contributed by atoms with van der Waals surface area (Å²) in [5.41, 5.74) is 7.71. The molecule has 0 amide bonds. The molecule has 0 aromatic heterocycles. The molecule has 3 nitrogen and oxygen atoms in total. The minimum Gasteiger partial charge on any atom is -0.387 e. The molecule has 0 saturated heterocycles. The number of rotatable bonds is 3. The molecular formula is C11H15N3. The zero-order chi connectivity index (χ0) is 10.6. The van der Waals surface area contributed by atoms with Crippen molar-refractivity contribution in [1.29, 1.82) is 5.41 Å². The number of nitrogens with two attached hydrogens (primary N) is 1. The van der Waals surface area contributed by atoms with Gasteiger partial charge in [0.15, 0.2) is 0 Å². The van der Waals surface area contributed by atoms with Crippen molar-refractivity contribution in [3.63, 3.8) is 0 Å². The Kier molecular flexibility index (Phi) is 3.40. The van der Waals surface area contributed by atoms with E-state index in [0.29, 0.717) is 5.84 Å². The normalized spacial score (nSPS) is 13.7. The Balaban J connectivity index is 2.91. The monoisotopic (exact) mass is 189 g/mol. The quantitative estimate of drug-likeness (QED) is 0.556. The molecule has 0 aliphatic rings. The molecular weight excluding hydrogens is 174 g/mol. The maximum Gasteiger partial charge on any atom is 0.108 e. The van der Waals surface area contributed by atoms with E-state index < -0.39 is 0 Å². The Morgan fingerprint density at radius 3 is 2.86 bits per heavy atom. The summed E-state index contributed by atoms with van der Waals surface area (Å²) in [6, 6.07) is 7.81. The molecule has 0 saturated carbocycles. The summed E-state index contributed by atoms with van der Waals surface area (Å²) in [6.45, 7) is 3.86. The highest BCUT2D eigenvalue weighted by Gasteiger charge is 2.02. The van der Waals surface area contributed by atoms with Gasteiger partial charge < -0.3 is 11.1 Å². The largest absolute Gasteiger partial charge is 0.387 e. The lowest BCUT2D eigenvalue weighted by molar-refractivity contribution is 1.05. The summed E-state index contributed by atoms with van der Waals surface area (Å²) in [5, 5.41) is 7.06. The number of hydrogen-bond acceptors (Lipinski definition) is 2. The first kappa shape index (κ1) is 10.4. The van der Waals surface area contributed by atoms with Crippen LogP contribution in [0.5, 0.6) is 0 Å². The predicted molar refractivity (Wildman–Crippen MR) is 60.4 cm³/mol. The minimum absolute atomic E-state index is 0.101. The van der Waals surface area contributed by atoms with Crippen LogP contribution >= 0.6 is 0 Å². The maximum atomic E-state index is 7.06. The van der Waals surface area contributed by atoms with E-state index in [2.05, 4.69) is 4.99 Å². The van der Waals surface area contributed by atoms with Crippen molar-refractivity contribution in [2.45, 2.75) is 13.8 Å². The highest BCUT2D eigenvalue weighted by Crippen LogP contribution is 2.13. The molecule has 1 unspecified atom stereocenters. The SMILES string of the molecule is Cc1cccc(N=C(N)C(C)C=N)c1. The van der Waals surface area contributed by atoms with Crippen LogP contribution < -0.4 is 5.73 Å². The molecule has 74 valence electrons. The fourth-order valence-electron chi connectivity index (χ4n) is 1.03. The minimum atomic E-state index is -0.101. The van der Waals surface area contributed by atoms with Gasteiger partial charge in [-0.1, -0.05) is 19.1 Å². The summed E-state index contributed by atoms with van der Waals surface area (Å²) in [4.78, 5) is 4.23. The van der Waals surface area contributed by atoms with Gasteiger partial charge in [0.2, 0.25) is 0 Å². The summed E-state index contributed by atoms with van der Waals surface area (Å²) >= 11 is 0. The van der Waals surface area contributed by atoms with Crippen molar-refractivity contribution in [2.75, 3.05) is 0 Å². The average Bonchev–Trinajstić information content (AvgIpc) is 2.16. The van der Waals surface area contributed by atoms with Gasteiger partial charge in [-0.3, -0.25) is 0 Å². The van der Waals surface area contributed by atoms with Gasteiger partial charge in [-0.2, -0.15) is 0 Å². The van der Waals surface area contributed by atoms with Gasteiger partial charge in [-0.25, -0.2) is 4.99 Å². The van der Waals surface area contributed by atoms with Gasteiger partial charge >= 0.3 is 0 Å². The molecule has 1 aromatic rings. The third-order valence-corrected chi connectivity index (χ3v) is 1.98. The molecule has 0 fully saturated rings. The summed E-state index contributed by atoms with van der Waals surface area (Å²) in [7, 11) is 0. The summed E-state index contributed by atoms with van der Waals surface area (Å²) in [6.07, 6.45) is 1.29. The maximum absolute atomic E-state index is 7.06. The first-order valence-electron chi connectivity index (χ1n) is 4.55. The molecule has 3 N–H and O–H groups in total. The molecule has 0 spiro atoms. The number of amidine groups is 1. The Morgan fingerprint density at radius 1 is 1.57 bits per heavy atom. The van der Waals surface area contributed by atoms with Crippen LogP contribution in [0.15, 0.2) is 29.3 Å². The number of benzene rings is 1. The van der Waals surface area contributed by atoms with Gasteiger partial charge in [0.25, 0.3) is 0 Å². The topological polar surface area (TPSA) is 62.2 Å². The Labute approximate surface area is 84.2 Å². The molecule has 14 heavy (non-hydrogen) atoms. The van der Waals surface area contributed by atoms with Crippen LogP contribution in [-0.4, -0.2) is 12.1 Å².